The Balaban J connectivity index is 1.85. The maximum absolute atomic E-state index is 6.44. The number of aromatic nitrogens is 4. The Hall–Kier alpha value is -2.14. The summed E-state index contributed by atoms with van der Waals surface area (Å²) >= 11 is 6.44. The van der Waals surface area contributed by atoms with Gasteiger partial charge in [-0.2, -0.15) is 0 Å². The van der Waals surface area contributed by atoms with Gasteiger partial charge in [0.2, 0.25) is 0 Å². The first kappa shape index (κ1) is 16.3. The summed E-state index contributed by atoms with van der Waals surface area (Å²) in [6.45, 7) is 8.61. The highest BCUT2D eigenvalue weighted by molar-refractivity contribution is 6.32. The number of aromatic amines is 1. The Morgan fingerprint density at radius 3 is 2.60 bits per heavy atom. The minimum atomic E-state index is 0.0910. The van der Waals surface area contributed by atoms with Crippen LogP contribution >= 0.6 is 11.6 Å². The second-order valence-electron chi connectivity index (χ2n) is 7.62. The van der Waals surface area contributed by atoms with E-state index in [1.54, 1.807) is 0 Å². The topological polar surface area (TPSA) is 57.7 Å². The minimum absolute atomic E-state index is 0.0910. The molecule has 0 saturated carbocycles. The fourth-order valence-electron chi connectivity index (χ4n) is 3.32. The highest BCUT2D eigenvalue weighted by Gasteiger charge is 2.23. The van der Waals surface area contributed by atoms with Crippen LogP contribution in [-0.4, -0.2) is 33.0 Å². The molecule has 4 rings (SSSR count). The molecule has 0 atom stereocenters. The molecule has 3 aromatic rings. The number of H-pyrrole nitrogens is 1. The number of benzene rings is 1. The molecule has 1 aromatic carbocycles. The second kappa shape index (κ2) is 5.99. The first-order chi connectivity index (χ1) is 11.9. The Morgan fingerprint density at radius 1 is 1.12 bits per heavy atom. The van der Waals surface area contributed by atoms with Crippen molar-refractivity contribution in [3.8, 4) is 11.4 Å². The predicted molar refractivity (Wildman–Crippen MR) is 102 cm³/mol. The Morgan fingerprint density at radius 2 is 1.88 bits per heavy atom. The molecule has 1 aliphatic heterocycles. The molecule has 3 heterocycles. The predicted octanol–water partition coefficient (Wildman–Crippen LogP) is 4.57. The summed E-state index contributed by atoms with van der Waals surface area (Å²) in [6.07, 6.45) is 3.88. The number of fused-ring (bicyclic) bond motifs is 1. The molecule has 0 radical (unpaired) electrons. The molecule has 2 aromatic heterocycles. The maximum atomic E-state index is 6.44. The average Bonchev–Trinajstić information content (AvgIpc) is 3.22. The summed E-state index contributed by atoms with van der Waals surface area (Å²) in [5, 5.41) is 0.437. The van der Waals surface area contributed by atoms with Gasteiger partial charge in [-0.15, -0.1) is 0 Å². The monoisotopic (exact) mass is 355 g/mol. The third-order valence-corrected chi connectivity index (χ3v) is 5.06. The summed E-state index contributed by atoms with van der Waals surface area (Å²) in [7, 11) is 0. The van der Waals surface area contributed by atoms with Gasteiger partial charge in [-0.05, 0) is 36.0 Å². The van der Waals surface area contributed by atoms with E-state index in [-0.39, 0.29) is 5.41 Å². The van der Waals surface area contributed by atoms with Gasteiger partial charge in [0.1, 0.15) is 23.1 Å². The molecule has 1 fully saturated rings. The van der Waals surface area contributed by atoms with Crippen molar-refractivity contribution < 1.29 is 0 Å². The van der Waals surface area contributed by atoms with Gasteiger partial charge in [-0.1, -0.05) is 38.4 Å². The van der Waals surface area contributed by atoms with Crippen LogP contribution in [0.2, 0.25) is 5.15 Å². The van der Waals surface area contributed by atoms with Crippen LogP contribution in [-0.2, 0) is 5.41 Å². The zero-order chi connectivity index (χ0) is 17.6. The van der Waals surface area contributed by atoms with Crippen LogP contribution in [0.25, 0.3) is 22.4 Å². The van der Waals surface area contributed by atoms with Crippen molar-refractivity contribution in [2.45, 2.75) is 39.0 Å². The second-order valence-corrected chi connectivity index (χ2v) is 7.98. The van der Waals surface area contributed by atoms with Gasteiger partial charge < -0.3 is 9.88 Å². The van der Waals surface area contributed by atoms with Crippen molar-refractivity contribution >= 4 is 28.5 Å². The normalized spacial score (nSPS) is 15.3. The molecule has 1 N–H and O–H groups in total. The van der Waals surface area contributed by atoms with E-state index in [2.05, 4.69) is 58.8 Å². The quantitative estimate of drug-likeness (QED) is 0.684. The maximum Gasteiger partial charge on any atom is 0.145 e. The van der Waals surface area contributed by atoms with Crippen LogP contribution < -0.4 is 4.90 Å². The van der Waals surface area contributed by atoms with Crippen molar-refractivity contribution in [2.75, 3.05) is 18.0 Å². The number of hydrogen-bond donors (Lipinski definition) is 1. The lowest BCUT2D eigenvalue weighted by Gasteiger charge is -2.19. The molecular weight excluding hydrogens is 334 g/mol. The number of anilines is 1. The summed E-state index contributed by atoms with van der Waals surface area (Å²) in [5.74, 6) is 1.60. The van der Waals surface area contributed by atoms with Gasteiger partial charge in [0.05, 0.1) is 16.6 Å². The highest BCUT2D eigenvalue weighted by Crippen LogP contribution is 2.35. The molecule has 130 valence electrons. The zero-order valence-corrected chi connectivity index (χ0v) is 15.6. The third kappa shape index (κ3) is 2.97. The number of hydrogen-bond acceptors (Lipinski definition) is 4. The largest absolute Gasteiger partial charge is 0.356 e. The van der Waals surface area contributed by atoms with Crippen molar-refractivity contribution in [3.05, 3.63) is 35.2 Å². The summed E-state index contributed by atoms with van der Waals surface area (Å²) in [5.41, 5.74) is 4.09. The Labute approximate surface area is 152 Å². The lowest BCUT2D eigenvalue weighted by atomic mass is 9.87. The molecule has 0 bridgehead atoms. The Bertz CT molecular complexity index is 919. The molecule has 0 aliphatic carbocycles. The average molecular weight is 356 g/mol. The zero-order valence-electron chi connectivity index (χ0n) is 14.8. The van der Waals surface area contributed by atoms with E-state index in [0.29, 0.717) is 5.15 Å². The first-order valence-corrected chi connectivity index (χ1v) is 9.07. The minimum Gasteiger partial charge on any atom is -0.356 e. The van der Waals surface area contributed by atoms with Gasteiger partial charge >= 0.3 is 0 Å². The standard InChI is InChI=1S/C19H22ClN5/c1-19(2,3)12-6-7-13-14(10-12)24-17(23-13)15-16(20)21-11-22-18(15)25-8-4-5-9-25/h6-7,10-11H,4-5,8-9H2,1-3H3,(H,23,24). The van der Waals surface area contributed by atoms with Crippen LogP contribution in [0.5, 0.6) is 0 Å². The van der Waals surface area contributed by atoms with Gasteiger partial charge in [-0.3, -0.25) is 0 Å². The van der Waals surface area contributed by atoms with Crippen molar-refractivity contribution in [1.29, 1.82) is 0 Å². The number of nitrogens with zero attached hydrogens (tertiary/aromatic N) is 4. The number of nitrogens with one attached hydrogen (secondary N) is 1. The number of halogens is 1. The molecule has 6 heteroatoms. The van der Waals surface area contributed by atoms with Crippen LogP contribution in [0, 0.1) is 0 Å². The fourth-order valence-corrected chi connectivity index (χ4v) is 3.54. The summed E-state index contributed by atoms with van der Waals surface area (Å²) < 4.78 is 0. The molecule has 0 unspecified atom stereocenters. The van der Waals surface area contributed by atoms with Crippen LogP contribution in [0.1, 0.15) is 39.2 Å². The summed E-state index contributed by atoms with van der Waals surface area (Å²) in [6, 6.07) is 6.36. The fraction of sp³-hybridized carbons (Fsp3) is 0.421. The van der Waals surface area contributed by atoms with Crippen molar-refractivity contribution in [1.82, 2.24) is 19.9 Å². The molecule has 25 heavy (non-hydrogen) atoms. The van der Waals surface area contributed by atoms with E-state index in [0.717, 1.165) is 41.3 Å². The van der Waals surface area contributed by atoms with Gasteiger partial charge in [0.25, 0.3) is 0 Å². The van der Waals surface area contributed by atoms with E-state index in [9.17, 15) is 0 Å². The molecule has 1 aliphatic rings. The third-order valence-electron chi connectivity index (χ3n) is 4.77. The molecular formula is C19H22ClN5. The van der Waals surface area contributed by atoms with Gasteiger partial charge in [0.15, 0.2) is 0 Å². The van der Waals surface area contributed by atoms with E-state index in [4.69, 9.17) is 16.6 Å². The Kier molecular flexibility index (Phi) is 3.91. The molecule has 5 nitrogen and oxygen atoms in total. The lowest BCUT2D eigenvalue weighted by molar-refractivity contribution is 0.591. The smallest absolute Gasteiger partial charge is 0.145 e. The van der Waals surface area contributed by atoms with Crippen LogP contribution in [0.4, 0.5) is 5.82 Å². The molecule has 1 saturated heterocycles. The van der Waals surface area contributed by atoms with Crippen molar-refractivity contribution in [2.24, 2.45) is 0 Å². The van der Waals surface area contributed by atoms with E-state index >= 15 is 0 Å². The van der Waals surface area contributed by atoms with E-state index < -0.39 is 0 Å². The first-order valence-electron chi connectivity index (χ1n) is 8.69. The van der Waals surface area contributed by atoms with Crippen LogP contribution in [0.15, 0.2) is 24.5 Å². The van der Waals surface area contributed by atoms with Gasteiger partial charge in [0, 0.05) is 13.1 Å². The number of rotatable bonds is 2. The van der Waals surface area contributed by atoms with E-state index in [1.165, 1.54) is 24.7 Å². The van der Waals surface area contributed by atoms with E-state index in [1.807, 2.05) is 0 Å². The van der Waals surface area contributed by atoms with Crippen molar-refractivity contribution in [3.63, 3.8) is 0 Å². The highest BCUT2D eigenvalue weighted by atomic mass is 35.5. The SMILES string of the molecule is CC(C)(C)c1ccc2nc(-c3c(Cl)ncnc3N3CCCC3)[nH]c2c1. The molecule has 0 spiro atoms. The van der Waals surface area contributed by atoms with Crippen LogP contribution in [0.3, 0.4) is 0 Å². The summed E-state index contributed by atoms with van der Waals surface area (Å²) in [4.78, 5) is 19.1. The van der Waals surface area contributed by atoms with Gasteiger partial charge in [-0.25, -0.2) is 15.0 Å². The number of imidazole rings is 1. The molecule has 0 amide bonds. The lowest BCUT2D eigenvalue weighted by Crippen LogP contribution is -2.20.